The fraction of sp³-hybridized carbons (Fsp3) is 0.241. The predicted octanol–water partition coefficient (Wildman–Crippen LogP) is 4.90. The Labute approximate surface area is 246 Å². The van der Waals surface area contributed by atoms with Gasteiger partial charge in [0.15, 0.2) is 11.5 Å². The molecular weight excluding hydrogens is 585 g/mol. The Kier molecular flexibility index (Phi) is 7.58. The van der Waals surface area contributed by atoms with Crippen LogP contribution in [-0.2, 0) is 9.92 Å². The minimum absolute atomic E-state index is 0.128. The van der Waals surface area contributed by atoms with Crippen LogP contribution in [0.2, 0.25) is 0 Å². The molecule has 14 heteroatoms. The highest BCUT2D eigenvalue weighted by Crippen LogP contribution is 2.48. The molecule has 2 N–H and O–H groups in total. The molecule has 43 heavy (non-hydrogen) atoms. The number of hydrogen-bond donors (Lipinski definition) is 2. The molecule has 0 saturated carbocycles. The van der Waals surface area contributed by atoms with Crippen LogP contribution in [0.15, 0.2) is 101 Å². The van der Waals surface area contributed by atoms with Gasteiger partial charge in [-0.25, -0.2) is 23.3 Å². The maximum atomic E-state index is 14.2. The van der Waals surface area contributed by atoms with E-state index >= 15 is 0 Å². The molecule has 10 nitrogen and oxygen atoms in total. The second-order valence-electron chi connectivity index (χ2n) is 9.87. The second-order valence-corrected chi connectivity index (χ2v) is 12.0. The summed E-state index contributed by atoms with van der Waals surface area (Å²) >= 11 is 0. The first-order chi connectivity index (χ1) is 20.6. The van der Waals surface area contributed by atoms with Crippen molar-refractivity contribution in [3.05, 3.63) is 91.3 Å². The van der Waals surface area contributed by atoms with E-state index in [2.05, 4.69) is 23.8 Å². The summed E-state index contributed by atoms with van der Waals surface area (Å²) in [5.41, 5.74) is 1.47. The number of aliphatic hydroxyl groups excluding tert-OH is 1. The molecule has 0 aliphatic carbocycles. The summed E-state index contributed by atoms with van der Waals surface area (Å²) in [6.45, 7) is 0.469. The molecule has 6 rings (SSSR count). The smallest absolute Gasteiger partial charge is 0.453 e. The SMILES string of the molecule is CN=S(=O)(NC1CN(c2ncccn2)CC(N2c3ccccc3Oc3ccccc32)C1O)c1ccc(OC(F)(F)F)cc1. The van der Waals surface area contributed by atoms with Crippen LogP contribution >= 0.6 is 0 Å². The largest absolute Gasteiger partial charge is 0.573 e. The highest BCUT2D eigenvalue weighted by atomic mass is 32.2. The lowest BCUT2D eigenvalue weighted by Gasteiger charge is -2.48. The van der Waals surface area contributed by atoms with Gasteiger partial charge in [0.1, 0.15) is 15.7 Å². The molecule has 4 aromatic rings. The van der Waals surface area contributed by atoms with Crippen molar-refractivity contribution in [1.82, 2.24) is 14.7 Å². The fourth-order valence-electron chi connectivity index (χ4n) is 5.33. The molecular formula is C29H27F3N6O4S. The van der Waals surface area contributed by atoms with Crippen LogP contribution in [-0.4, -0.2) is 64.0 Å². The van der Waals surface area contributed by atoms with E-state index in [0.29, 0.717) is 24.0 Å². The number of piperidine rings is 1. The summed E-state index contributed by atoms with van der Waals surface area (Å²) in [4.78, 5) is 12.8. The van der Waals surface area contributed by atoms with E-state index in [0.717, 1.165) is 23.5 Å². The maximum Gasteiger partial charge on any atom is 0.573 e. The summed E-state index contributed by atoms with van der Waals surface area (Å²) in [5, 5.41) is 11.9. The quantitative estimate of drug-likeness (QED) is 0.316. The van der Waals surface area contributed by atoms with Gasteiger partial charge in [-0.05, 0) is 54.6 Å². The molecule has 0 amide bonds. The van der Waals surface area contributed by atoms with Crippen molar-refractivity contribution >= 4 is 27.2 Å². The van der Waals surface area contributed by atoms with Crippen molar-refractivity contribution in [3.63, 3.8) is 0 Å². The Morgan fingerprint density at radius 2 is 1.56 bits per heavy atom. The molecule has 224 valence electrons. The van der Waals surface area contributed by atoms with Crippen LogP contribution in [0.4, 0.5) is 30.5 Å². The third-order valence-corrected chi connectivity index (χ3v) is 9.26. The van der Waals surface area contributed by atoms with Gasteiger partial charge in [-0.1, -0.05) is 24.3 Å². The zero-order valence-electron chi connectivity index (χ0n) is 22.8. The number of nitrogens with zero attached hydrogens (tertiary/aromatic N) is 5. The number of fused-ring (bicyclic) bond motifs is 2. The minimum atomic E-state index is -4.86. The molecule has 1 fully saturated rings. The van der Waals surface area contributed by atoms with Gasteiger partial charge in [-0.3, -0.25) is 0 Å². The Balaban J connectivity index is 1.38. The number of ether oxygens (including phenoxy) is 2. The molecule has 4 atom stereocenters. The Bertz CT molecular complexity index is 1670. The number of hydrogen-bond acceptors (Lipinski definition) is 9. The molecule has 0 radical (unpaired) electrons. The summed E-state index contributed by atoms with van der Waals surface area (Å²) in [5.74, 6) is 1.18. The maximum absolute atomic E-state index is 14.2. The molecule has 1 saturated heterocycles. The standard InChI is InChI=1S/C29H27F3N6O4S/c1-33-43(40,20-13-11-19(12-14-20)42-29(30,31)32)36-21-17-37(28-34-15-6-16-35-28)18-24(27(21)39)38-22-7-2-4-9-25(22)41-26-10-5-3-8-23(26)38/h2-16,21,24,27,39H,17-18H2,1H3,(H,33,36,40). The highest BCUT2D eigenvalue weighted by molar-refractivity contribution is 7.91. The number of aliphatic hydroxyl groups is 1. The number of anilines is 3. The van der Waals surface area contributed by atoms with Crippen LogP contribution in [0.5, 0.6) is 17.2 Å². The van der Waals surface area contributed by atoms with Gasteiger partial charge in [0.2, 0.25) is 5.95 Å². The summed E-state index contributed by atoms with van der Waals surface area (Å²) in [6.07, 6.45) is -2.75. The third-order valence-electron chi connectivity index (χ3n) is 7.21. The predicted molar refractivity (Wildman–Crippen MR) is 154 cm³/mol. The van der Waals surface area contributed by atoms with Gasteiger partial charge >= 0.3 is 6.36 Å². The Morgan fingerprint density at radius 1 is 0.953 bits per heavy atom. The van der Waals surface area contributed by atoms with E-state index in [1.807, 2.05) is 58.3 Å². The van der Waals surface area contributed by atoms with Crippen LogP contribution in [0, 0.1) is 0 Å². The average Bonchev–Trinajstić information content (AvgIpc) is 3.01. The van der Waals surface area contributed by atoms with Crippen LogP contribution in [0.3, 0.4) is 0 Å². The van der Waals surface area contributed by atoms with Crippen molar-refractivity contribution in [2.75, 3.05) is 29.9 Å². The van der Waals surface area contributed by atoms with Crippen molar-refractivity contribution in [3.8, 4) is 17.2 Å². The van der Waals surface area contributed by atoms with Crippen LogP contribution in [0.1, 0.15) is 0 Å². The zero-order valence-corrected chi connectivity index (χ0v) is 23.6. The van der Waals surface area contributed by atoms with Gasteiger partial charge in [0.05, 0.1) is 34.5 Å². The molecule has 3 heterocycles. The summed E-state index contributed by atoms with van der Waals surface area (Å²) < 4.78 is 69.4. The first-order valence-corrected chi connectivity index (χ1v) is 14.8. The van der Waals surface area contributed by atoms with Gasteiger partial charge in [-0.2, -0.15) is 0 Å². The molecule has 2 aliphatic heterocycles. The number of rotatable bonds is 6. The Morgan fingerprint density at radius 3 is 2.14 bits per heavy atom. The normalized spacial score (nSPS) is 21.2. The van der Waals surface area contributed by atoms with E-state index in [1.165, 1.54) is 19.2 Å². The average molecular weight is 613 g/mol. The summed E-state index contributed by atoms with van der Waals surface area (Å²) in [6, 6.07) is 19.8. The van der Waals surface area contributed by atoms with Crippen LogP contribution < -0.4 is 24.0 Å². The zero-order chi connectivity index (χ0) is 30.2. The number of para-hydroxylation sites is 4. The van der Waals surface area contributed by atoms with Gasteiger partial charge < -0.3 is 24.4 Å². The lowest BCUT2D eigenvalue weighted by molar-refractivity contribution is -0.274. The minimum Gasteiger partial charge on any atom is -0.453 e. The van der Waals surface area contributed by atoms with E-state index in [4.69, 9.17) is 4.74 Å². The molecule has 1 aromatic heterocycles. The number of alkyl halides is 3. The Hall–Kier alpha value is -4.40. The van der Waals surface area contributed by atoms with E-state index in [1.54, 1.807) is 18.5 Å². The monoisotopic (exact) mass is 612 g/mol. The van der Waals surface area contributed by atoms with E-state index in [9.17, 15) is 22.5 Å². The van der Waals surface area contributed by atoms with Crippen LogP contribution in [0.25, 0.3) is 0 Å². The number of nitrogens with one attached hydrogen (secondary N) is 1. The van der Waals surface area contributed by atoms with Crippen molar-refractivity contribution in [1.29, 1.82) is 0 Å². The lowest BCUT2D eigenvalue weighted by atomic mass is 9.94. The van der Waals surface area contributed by atoms with Gasteiger partial charge in [-0.15, -0.1) is 13.2 Å². The van der Waals surface area contributed by atoms with E-state index in [-0.39, 0.29) is 11.4 Å². The number of halogens is 3. The third kappa shape index (κ3) is 5.81. The fourth-order valence-corrected chi connectivity index (χ4v) is 6.91. The molecule has 2 aliphatic rings. The lowest BCUT2D eigenvalue weighted by Crippen LogP contribution is -2.65. The first kappa shape index (κ1) is 28.7. The van der Waals surface area contributed by atoms with Gasteiger partial charge in [0, 0.05) is 32.5 Å². The van der Waals surface area contributed by atoms with Crippen molar-refractivity contribution in [2.24, 2.45) is 4.36 Å². The van der Waals surface area contributed by atoms with Gasteiger partial charge in [0.25, 0.3) is 0 Å². The van der Waals surface area contributed by atoms with E-state index < -0.39 is 40.2 Å². The molecule has 3 aromatic carbocycles. The molecule has 0 spiro atoms. The topological polar surface area (TPSA) is 112 Å². The first-order valence-electron chi connectivity index (χ1n) is 13.3. The number of aromatic nitrogens is 2. The molecule has 0 bridgehead atoms. The van der Waals surface area contributed by atoms with Crippen molar-refractivity contribution in [2.45, 2.75) is 29.4 Å². The summed E-state index contributed by atoms with van der Waals surface area (Å²) in [7, 11) is -2.07. The van der Waals surface area contributed by atoms with Crippen molar-refractivity contribution < 1.29 is 32.0 Å². The molecule has 4 unspecified atom stereocenters. The second kappa shape index (κ2) is 11.4. The number of benzene rings is 3. The highest BCUT2D eigenvalue weighted by Gasteiger charge is 2.44.